The summed E-state index contributed by atoms with van der Waals surface area (Å²) in [5.74, 6) is 5.54. The Morgan fingerprint density at radius 1 is 1.24 bits per heavy atom. The fraction of sp³-hybridized carbons (Fsp3) is 0.176. The van der Waals surface area contributed by atoms with E-state index in [1.165, 1.54) is 21.7 Å². The Balaban J connectivity index is 1.97. The molecule has 0 bridgehead atoms. The smallest absolute Gasteiger partial charge is 0.123 e. The minimum atomic E-state index is -0.207. The molecule has 3 rings (SSSR count). The summed E-state index contributed by atoms with van der Waals surface area (Å²) in [6.07, 6.45) is 0.667. The van der Waals surface area contributed by atoms with Crippen LogP contribution in [-0.2, 0) is 6.42 Å². The first-order valence-electron chi connectivity index (χ1n) is 6.86. The van der Waals surface area contributed by atoms with Crippen molar-refractivity contribution < 1.29 is 4.39 Å². The second-order valence-electron chi connectivity index (χ2n) is 5.18. The molecule has 1 unspecified atom stereocenters. The van der Waals surface area contributed by atoms with Crippen LogP contribution in [0.1, 0.15) is 22.7 Å². The summed E-state index contributed by atoms with van der Waals surface area (Å²) in [5, 5.41) is 3.34. The third-order valence-electron chi connectivity index (χ3n) is 3.82. The van der Waals surface area contributed by atoms with Gasteiger partial charge in [0, 0.05) is 4.70 Å². The third-order valence-corrected chi connectivity index (χ3v) is 4.80. The first-order valence-corrected chi connectivity index (χ1v) is 7.74. The Kier molecular flexibility index (Phi) is 4.01. The van der Waals surface area contributed by atoms with Crippen molar-refractivity contribution in [3.63, 3.8) is 0 Å². The standard InChI is InChI=1S/C17H17FN2S/c1-11-6-7-13(18)8-12(11)9-16(20-19)15-10-21-17-5-3-2-4-14(15)17/h2-8,10,16,20H,9,19H2,1H3. The average Bonchev–Trinajstić information content (AvgIpc) is 2.92. The van der Waals surface area contributed by atoms with Crippen molar-refractivity contribution in [2.24, 2.45) is 5.84 Å². The van der Waals surface area contributed by atoms with E-state index < -0.39 is 0 Å². The molecule has 2 aromatic carbocycles. The van der Waals surface area contributed by atoms with E-state index in [0.717, 1.165) is 11.1 Å². The zero-order valence-electron chi connectivity index (χ0n) is 11.8. The quantitative estimate of drug-likeness (QED) is 0.562. The molecule has 0 radical (unpaired) electrons. The molecule has 0 saturated heterocycles. The van der Waals surface area contributed by atoms with E-state index in [4.69, 9.17) is 5.84 Å². The number of aryl methyl sites for hydroxylation is 1. The molecule has 0 aliphatic carbocycles. The van der Waals surface area contributed by atoms with Crippen LogP contribution < -0.4 is 11.3 Å². The van der Waals surface area contributed by atoms with Gasteiger partial charge in [-0.05, 0) is 59.0 Å². The number of nitrogens with two attached hydrogens (primary N) is 1. The largest absolute Gasteiger partial charge is 0.271 e. The van der Waals surface area contributed by atoms with Crippen LogP contribution in [0.5, 0.6) is 0 Å². The minimum absolute atomic E-state index is 0.0263. The number of rotatable bonds is 4. The molecule has 0 spiro atoms. The normalized spacial score (nSPS) is 12.7. The molecule has 3 N–H and O–H groups in total. The lowest BCUT2D eigenvalue weighted by atomic mass is 9.96. The lowest BCUT2D eigenvalue weighted by Crippen LogP contribution is -2.29. The van der Waals surface area contributed by atoms with Gasteiger partial charge in [0.25, 0.3) is 0 Å². The lowest BCUT2D eigenvalue weighted by molar-refractivity contribution is 0.551. The molecule has 0 saturated carbocycles. The maximum absolute atomic E-state index is 13.4. The Hall–Kier alpha value is -1.75. The van der Waals surface area contributed by atoms with Gasteiger partial charge in [-0.2, -0.15) is 0 Å². The monoisotopic (exact) mass is 300 g/mol. The highest BCUT2D eigenvalue weighted by Gasteiger charge is 2.16. The van der Waals surface area contributed by atoms with Gasteiger partial charge >= 0.3 is 0 Å². The van der Waals surface area contributed by atoms with Gasteiger partial charge in [0.1, 0.15) is 5.82 Å². The Morgan fingerprint density at radius 3 is 2.86 bits per heavy atom. The van der Waals surface area contributed by atoms with Gasteiger partial charge in [-0.25, -0.2) is 4.39 Å². The third kappa shape index (κ3) is 2.83. The molecule has 1 aromatic heterocycles. The van der Waals surface area contributed by atoms with Crippen LogP contribution >= 0.6 is 11.3 Å². The molecular formula is C17H17FN2S. The number of hydrazine groups is 1. The van der Waals surface area contributed by atoms with E-state index >= 15 is 0 Å². The van der Waals surface area contributed by atoms with Gasteiger partial charge < -0.3 is 0 Å². The maximum atomic E-state index is 13.4. The van der Waals surface area contributed by atoms with Crippen LogP contribution in [0.2, 0.25) is 0 Å². The van der Waals surface area contributed by atoms with Gasteiger partial charge in [0.15, 0.2) is 0 Å². The molecule has 0 aliphatic heterocycles. The topological polar surface area (TPSA) is 38.0 Å². The predicted molar refractivity (Wildman–Crippen MR) is 86.7 cm³/mol. The summed E-state index contributed by atoms with van der Waals surface area (Å²) in [6.45, 7) is 1.99. The van der Waals surface area contributed by atoms with E-state index in [2.05, 4.69) is 22.9 Å². The van der Waals surface area contributed by atoms with E-state index in [1.807, 2.05) is 25.1 Å². The minimum Gasteiger partial charge on any atom is -0.271 e. The molecule has 0 amide bonds. The number of hydrogen-bond donors (Lipinski definition) is 2. The molecule has 3 aromatic rings. The van der Waals surface area contributed by atoms with Crippen molar-refractivity contribution in [2.75, 3.05) is 0 Å². The highest BCUT2D eigenvalue weighted by atomic mass is 32.1. The summed E-state index contributed by atoms with van der Waals surface area (Å²) in [4.78, 5) is 0. The van der Waals surface area contributed by atoms with Crippen LogP contribution in [0.4, 0.5) is 4.39 Å². The number of fused-ring (bicyclic) bond motifs is 1. The number of thiophene rings is 1. The molecule has 108 valence electrons. The van der Waals surface area contributed by atoms with Crippen LogP contribution in [0.25, 0.3) is 10.1 Å². The fourth-order valence-corrected chi connectivity index (χ4v) is 3.62. The van der Waals surface area contributed by atoms with Crippen molar-refractivity contribution >= 4 is 21.4 Å². The first-order chi connectivity index (χ1) is 10.2. The molecule has 1 heterocycles. The van der Waals surface area contributed by atoms with E-state index in [0.29, 0.717) is 6.42 Å². The van der Waals surface area contributed by atoms with Crippen molar-refractivity contribution in [1.29, 1.82) is 0 Å². The highest BCUT2D eigenvalue weighted by molar-refractivity contribution is 7.17. The second kappa shape index (κ2) is 5.93. The van der Waals surface area contributed by atoms with Crippen LogP contribution in [0, 0.1) is 12.7 Å². The van der Waals surface area contributed by atoms with E-state index in [9.17, 15) is 4.39 Å². The summed E-state index contributed by atoms with van der Waals surface area (Å²) in [5.41, 5.74) is 6.10. The molecule has 0 aliphatic rings. The fourth-order valence-electron chi connectivity index (χ4n) is 2.61. The van der Waals surface area contributed by atoms with Crippen molar-refractivity contribution in [1.82, 2.24) is 5.43 Å². The summed E-state index contributed by atoms with van der Waals surface area (Å²) < 4.78 is 14.7. The average molecular weight is 300 g/mol. The molecule has 2 nitrogen and oxygen atoms in total. The zero-order chi connectivity index (χ0) is 14.8. The van der Waals surface area contributed by atoms with Gasteiger partial charge in [-0.1, -0.05) is 24.3 Å². The molecule has 0 fully saturated rings. The van der Waals surface area contributed by atoms with Crippen molar-refractivity contribution in [3.05, 3.63) is 70.4 Å². The Bertz CT molecular complexity index is 766. The Labute approximate surface area is 127 Å². The van der Waals surface area contributed by atoms with Gasteiger partial charge in [-0.3, -0.25) is 11.3 Å². The first kappa shape index (κ1) is 14.2. The SMILES string of the molecule is Cc1ccc(F)cc1CC(NN)c1csc2ccccc12. The van der Waals surface area contributed by atoms with Gasteiger partial charge in [0.2, 0.25) is 0 Å². The van der Waals surface area contributed by atoms with Crippen molar-refractivity contribution in [2.45, 2.75) is 19.4 Å². The zero-order valence-corrected chi connectivity index (χ0v) is 12.6. The summed E-state index contributed by atoms with van der Waals surface area (Å²) in [6, 6.07) is 13.1. The maximum Gasteiger partial charge on any atom is 0.123 e. The lowest BCUT2D eigenvalue weighted by Gasteiger charge is -2.17. The van der Waals surface area contributed by atoms with E-state index in [1.54, 1.807) is 17.4 Å². The van der Waals surface area contributed by atoms with Gasteiger partial charge in [-0.15, -0.1) is 11.3 Å². The van der Waals surface area contributed by atoms with E-state index in [-0.39, 0.29) is 11.9 Å². The molecule has 1 atom stereocenters. The van der Waals surface area contributed by atoms with Crippen LogP contribution in [-0.4, -0.2) is 0 Å². The number of benzene rings is 2. The van der Waals surface area contributed by atoms with Crippen LogP contribution in [0.3, 0.4) is 0 Å². The Morgan fingerprint density at radius 2 is 2.05 bits per heavy atom. The molecule has 4 heteroatoms. The number of nitrogens with one attached hydrogen (secondary N) is 1. The summed E-state index contributed by atoms with van der Waals surface area (Å²) in [7, 11) is 0. The molecular weight excluding hydrogens is 283 g/mol. The van der Waals surface area contributed by atoms with Crippen LogP contribution in [0.15, 0.2) is 47.8 Å². The highest BCUT2D eigenvalue weighted by Crippen LogP contribution is 2.32. The summed E-state index contributed by atoms with van der Waals surface area (Å²) >= 11 is 1.71. The predicted octanol–water partition coefficient (Wildman–Crippen LogP) is 4.10. The number of hydrogen-bond acceptors (Lipinski definition) is 3. The molecule has 21 heavy (non-hydrogen) atoms. The van der Waals surface area contributed by atoms with Crippen molar-refractivity contribution in [3.8, 4) is 0 Å². The van der Waals surface area contributed by atoms with Gasteiger partial charge in [0.05, 0.1) is 6.04 Å². The number of halogens is 1. The second-order valence-corrected chi connectivity index (χ2v) is 6.09.